The highest BCUT2D eigenvalue weighted by molar-refractivity contribution is 6.07. The standard InChI is InChI=1S/C43H50N2O5/c1-8-49-37-21-30(15-17-36(37)50-26-38(48)44-31-16-14-27(2)20-28(31)3)39-40-32(22-42(4,5)24-34(40)46)45(19-18-29-12-10-9-11-13-29)33-23-43(6,7)25-35(47)41(33)39/h9-17,20-21,39H,8,18-19,22-26H2,1-7H3,(H,44,48). The van der Waals surface area contributed by atoms with Crippen LogP contribution in [0.3, 0.4) is 0 Å². The highest BCUT2D eigenvalue weighted by Crippen LogP contribution is 2.55. The third kappa shape index (κ3) is 7.42. The number of Topliss-reactive ketones (excluding diaryl/α,β-unsaturated/α-hetero) is 2. The van der Waals surface area contributed by atoms with Crippen molar-refractivity contribution in [2.75, 3.05) is 25.1 Å². The summed E-state index contributed by atoms with van der Waals surface area (Å²) in [6, 6.07) is 21.9. The van der Waals surface area contributed by atoms with Crippen molar-refractivity contribution in [2.24, 2.45) is 10.8 Å². The maximum absolute atomic E-state index is 14.3. The van der Waals surface area contributed by atoms with Gasteiger partial charge in [0.25, 0.3) is 5.91 Å². The lowest BCUT2D eigenvalue weighted by Crippen LogP contribution is -2.45. The Hall–Kier alpha value is -4.65. The maximum atomic E-state index is 14.3. The van der Waals surface area contributed by atoms with Gasteiger partial charge in [-0.15, -0.1) is 0 Å². The topological polar surface area (TPSA) is 84.9 Å². The molecule has 0 unspecified atom stereocenters. The minimum atomic E-state index is -0.499. The van der Waals surface area contributed by atoms with Crippen LogP contribution in [0.4, 0.5) is 5.69 Å². The maximum Gasteiger partial charge on any atom is 0.262 e. The van der Waals surface area contributed by atoms with Crippen LogP contribution in [-0.2, 0) is 20.8 Å². The Bertz CT molecular complexity index is 1830. The quantitative estimate of drug-likeness (QED) is 0.232. The highest BCUT2D eigenvalue weighted by Gasteiger charge is 2.49. The van der Waals surface area contributed by atoms with E-state index >= 15 is 0 Å². The molecular weight excluding hydrogens is 624 g/mol. The summed E-state index contributed by atoms with van der Waals surface area (Å²) in [5, 5.41) is 2.94. The van der Waals surface area contributed by atoms with E-state index in [0.717, 1.165) is 64.2 Å². The molecule has 6 rings (SSSR count). The zero-order valence-electron chi connectivity index (χ0n) is 30.6. The number of anilines is 1. The number of nitrogens with zero attached hydrogens (tertiary/aromatic N) is 1. The predicted molar refractivity (Wildman–Crippen MR) is 197 cm³/mol. The Morgan fingerprint density at radius 1 is 0.800 bits per heavy atom. The molecule has 0 fully saturated rings. The molecule has 0 radical (unpaired) electrons. The molecule has 1 heterocycles. The summed E-state index contributed by atoms with van der Waals surface area (Å²) in [4.78, 5) is 43.8. The lowest BCUT2D eigenvalue weighted by molar-refractivity contribution is -0.120. The Balaban J connectivity index is 1.38. The molecular formula is C43H50N2O5. The SMILES string of the molecule is CCOc1cc(C2C3=C(CC(C)(C)CC3=O)N(CCc3ccccc3)C3=C2C(=O)CC(C)(C)C3)ccc1OCC(=O)Nc1ccc(C)cc1C. The summed E-state index contributed by atoms with van der Waals surface area (Å²) in [6.45, 7) is 15.4. The summed E-state index contributed by atoms with van der Waals surface area (Å²) in [7, 11) is 0. The van der Waals surface area contributed by atoms with Crippen molar-refractivity contribution in [3.05, 3.63) is 112 Å². The fourth-order valence-electron chi connectivity index (χ4n) is 7.91. The molecule has 2 aliphatic carbocycles. The highest BCUT2D eigenvalue weighted by atomic mass is 16.5. The Kier molecular flexibility index (Phi) is 9.80. The van der Waals surface area contributed by atoms with E-state index in [-0.39, 0.29) is 34.9 Å². The largest absolute Gasteiger partial charge is 0.490 e. The average Bonchev–Trinajstić information content (AvgIpc) is 3.04. The van der Waals surface area contributed by atoms with Crippen LogP contribution in [0.1, 0.15) is 88.5 Å². The lowest BCUT2D eigenvalue weighted by Gasteiger charge is -2.49. The normalized spacial score (nSPS) is 18.5. The van der Waals surface area contributed by atoms with Gasteiger partial charge in [-0.05, 0) is 85.8 Å². The number of ketones is 2. The van der Waals surface area contributed by atoms with Gasteiger partial charge in [0.1, 0.15) is 0 Å². The Morgan fingerprint density at radius 3 is 2.04 bits per heavy atom. The third-order valence-corrected chi connectivity index (χ3v) is 10.1. The fourth-order valence-corrected chi connectivity index (χ4v) is 7.91. The molecule has 50 heavy (non-hydrogen) atoms. The van der Waals surface area contributed by atoms with Crippen LogP contribution in [0.5, 0.6) is 11.5 Å². The molecule has 0 spiro atoms. The van der Waals surface area contributed by atoms with Crippen LogP contribution in [0.2, 0.25) is 0 Å². The fraction of sp³-hybridized carbons (Fsp3) is 0.419. The molecule has 262 valence electrons. The van der Waals surface area contributed by atoms with Gasteiger partial charge in [0.2, 0.25) is 0 Å². The number of carbonyl (C=O) groups excluding carboxylic acids is 3. The Morgan fingerprint density at radius 2 is 1.44 bits per heavy atom. The van der Waals surface area contributed by atoms with E-state index in [1.165, 1.54) is 5.56 Å². The van der Waals surface area contributed by atoms with Gasteiger partial charge in [-0.25, -0.2) is 0 Å². The minimum absolute atomic E-state index is 0.0940. The van der Waals surface area contributed by atoms with Gasteiger partial charge in [0.05, 0.1) is 6.61 Å². The zero-order chi connectivity index (χ0) is 35.8. The summed E-state index contributed by atoms with van der Waals surface area (Å²) in [5.74, 6) is 0.325. The number of nitrogens with one attached hydrogen (secondary N) is 1. The number of hydrogen-bond acceptors (Lipinski definition) is 6. The third-order valence-electron chi connectivity index (χ3n) is 10.1. The zero-order valence-corrected chi connectivity index (χ0v) is 30.6. The number of hydrogen-bond donors (Lipinski definition) is 1. The van der Waals surface area contributed by atoms with Crippen LogP contribution in [0.25, 0.3) is 0 Å². The number of ether oxygens (including phenoxy) is 2. The number of allylic oxidation sites excluding steroid dienone is 4. The van der Waals surface area contributed by atoms with Crippen molar-refractivity contribution in [3.8, 4) is 11.5 Å². The van der Waals surface area contributed by atoms with Gasteiger partial charge in [-0.2, -0.15) is 0 Å². The molecule has 1 N–H and O–H groups in total. The van der Waals surface area contributed by atoms with Crippen LogP contribution < -0.4 is 14.8 Å². The number of aryl methyl sites for hydroxylation is 2. The van der Waals surface area contributed by atoms with Gasteiger partial charge in [0.15, 0.2) is 29.7 Å². The molecule has 0 saturated heterocycles. The Labute approximate surface area is 296 Å². The van der Waals surface area contributed by atoms with Crippen molar-refractivity contribution in [1.82, 2.24) is 4.90 Å². The lowest BCUT2D eigenvalue weighted by atomic mass is 9.63. The van der Waals surface area contributed by atoms with Gasteiger partial charge in [-0.1, -0.05) is 81.8 Å². The van der Waals surface area contributed by atoms with E-state index in [1.807, 2.05) is 63.2 Å². The summed E-state index contributed by atoms with van der Waals surface area (Å²) < 4.78 is 12.1. The molecule has 0 aromatic heterocycles. The molecule has 3 aromatic rings. The van der Waals surface area contributed by atoms with Crippen molar-refractivity contribution >= 4 is 23.2 Å². The van der Waals surface area contributed by atoms with Crippen molar-refractivity contribution in [1.29, 1.82) is 0 Å². The minimum Gasteiger partial charge on any atom is -0.490 e. The van der Waals surface area contributed by atoms with Gasteiger partial charge >= 0.3 is 0 Å². The van der Waals surface area contributed by atoms with E-state index < -0.39 is 5.92 Å². The molecule has 1 aliphatic heterocycles. The molecule has 1 amide bonds. The first-order chi connectivity index (χ1) is 23.7. The van der Waals surface area contributed by atoms with Gasteiger partial charge in [0, 0.05) is 53.5 Å². The number of carbonyl (C=O) groups is 3. The number of benzene rings is 3. The van der Waals surface area contributed by atoms with Gasteiger partial charge < -0.3 is 19.7 Å². The van der Waals surface area contributed by atoms with Crippen LogP contribution in [0, 0.1) is 24.7 Å². The molecule has 0 atom stereocenters. The second kappa shape index (κ2) is 13.9. The van der Waals surface area contributed by atoms with E-state index in [4.69, 9.17) is 9.47 Å². The molecule has 7 heteroatoms. The monoisotopic (exact) mass is 674 g/mol. The van der Waals surface area contributed by atoms with E-state index in [1.54, 1.807) is 0 Å². The number of amides is 1. The summed E-state index contributed by atoms with van der Waals surface area (Å²) in [5.41, 5.74) is 8.02. The second-order valence-corrected chi connectivity index (χ2v) is 15.7. The van der Waals surface area contributed by atoms with Crippen LogP contribution in [-0.4, -0.2) is 42.1 Å². The van der Waals surface area contributed by atoms with E-state index in [9.17, 15) is 14.4 Å². The van der Waals surface area contributed by atoms with Crippen molar-refractivity contribution < 1.29 is 23.9 Å². The number of rotatable bonds is 10. The summed E-state index contributed by atoms with van der Waals surface area (Å²) >= 11 is 0. The van der Waals surface area contributed by atoms with Gasteiger partial charge in [-0.3, -0.25) is 14.4 Å². The first-order valence-electron chi connectivity index (χ1n) is 17.9. The predicted octanol–water partition coefficient (Wildman–Crippen LogP) is 8.65. The molecule has 0 bridgehead atoms. The molecule has 7 nitrogen and oxygen atoms in total. The van der Waals surface area contributed by atoms with E-state index in [0.29, 0.717) is 37.5 Å². The average molecular weight is 675 g/mol. The first-order valence-corrected chi connectivity index (χ1v) is 17.9. The summed E-state index contributed by atoms with van der Waals surface area (Å²) in [6.07, 6.45) is 3.15. The molecule has 3 aromatic carbocycles. The van der Waals surface area contributed by atoms with Crippen LogP contribution in [0.15, 0.2) is 89.3 Å². The molecule has 0 saturated carbocycles. The molecule has 3 aliphatic rings. The second-order valence-electron chi connectivity index (χ2n) is 15.7. The van der Waals surface area contributed by atoms with Crippen molar-refractivity contribution in [2.45, 2.75) is 86.5 Å². The van der Waals surface area contributed by atoms with E-state index in [2.05, 4.69) is 62.2 Å². The smallest absolute Gasteiger partial charge is 0.262 e. The van der Waals surface area contributed by atoms with Crippen LogP contribution >= 0.6 is 0 Å². The van der Waals surface area contributed by atoms with Crippen molar-refractivity contribution in [3.63, 3.8) is 0 Å². The first kappa shape index (κ1) is 35.2.